The van der Waals surface area contributed by atoms with Crippen molar-refractivity contribution in [3.05, 3.63) is 36.4 Å². The minimum Gasteiger partial charge on any atom is -0.397 e. The normalized spacial score (nSPS) is 11.7. The fraction of sp³-hybridized carbons (Fsp3) is 0.111. The van der Waals surface area contributed by atoms with E-state index in [0.29, 0.717) is 5.69 Å². The molecule has 0 spiro atoms. The highest BCUT2D eigenvalue weighted by Gasteiger charge is 2.30. The van der Waals surface area contributed by atoms with Crippen LogP contribution in [0, 0.1) is 0 Å². The first-order valence-electron chi connectivity index (χ1n) is 4.30. The molecule has 2 rings (SSSR count). The van der Waals surface area contributed by atoms with E-state index in [1.165, 1.54) is 23.4 Å². The summed E-state index contributed by atoms with van der Waals surface area (Å²) < 4.78 is 38.4. The van der Waals surface area contributed by atoms with E-state index in [1.54, 1.807) is 0 Å². The number of alkyl halides is 3. The van der Waals surface area contributed by atoms with E-state index in [2.05, 4.69) is 10.1 Å². The van der Waals surface area contributed by atoms with Crippen molar-refractivity contribution in [1.29, 1.82) is 0 Å². The van der Waals surface area contributed by atoms with E-state index in [4.69, 9.17) is 5.73 Å². The summed E-state index contributed by atoms with van der Waals surface area (Å²) in [7, 11) is 0. The van der Waals surface area contributed by atoms with E-state index >= 15 is 0 Å². The SMILES string of the molecule is Nc1cc(C(F)(F)F)ccc1-n1cncn1. The molecule has 2 aromatic rings. The summed E-state index contributed by atoms with van der Waals surface area (Å²) in [5.41, 5.74) is 5.10. The zero-order valence-electron chi connectivity index (χ0n) is 7.94. The number of hydrogen-bond donors (Lipinski definition) is 1. The van der Waals surface area contributed by atoms with E-state index in [-0.39, 0.29) is 5.69 Å². The van der Waals surface area contributed by atoms with Crippen LogP contribution >= 0.6 is 0 Å². The molecule has 1 aromatic carbocycles. The van der Waals surface area contributed by atoms with Crippen LogP contribution in [0.1, 0.15) is 5.56 Å². The zero-order valence-corrected chi connectivity index (χ0v) is 7.94. The van der Waals surface area contributed by atoms with Gasteiger partial charge >= 0.3 is 6.18 Å². The fourth-order valence-corrected chi connectivity index (χ4v) is 1.27. The van der Waals surface area contributed by atoms with Crippen molar-refractivity contribution < 1.29 is 13.2 Å². The molecule has 0 aliphatic carbocycles. The zero-order chi connectivity index (χ0) is 11.8. The fourth-order valence-electron chi connectivity index (χ4n) is 1.27. The van der Waals surface area contributed by atoms with Crippen LogP contribution < -0.4 is 5.73 Å². The van der Waals surface area contributed by atoms with E-state index in [1.807, 2.05) is 0 Å². The van der Waals surface area contributed by atoms with Crippen molar-refractivity contribution in [2.24, 2.45) is 0 Å². The van der Waals surface area contributed by atoms with Crippen LogP contribution in [0.5, 0.6) is 0 Å². The lowest BCUT2D eigenvalue weighted by Gasteiger charge is -2.10. The van der Waals surface area contributed by atoms with Crippen molar-refractivity contribution in [2.75, 3.05) is 5.73 Å². The Kier molecular flexibility index (Phi) is 2.30. The van der Waals surface area contributed by atoms with Crippen molar-refractivity contribution >= 4 is 5.69 Å². The molecule has 7 heteroatoms. The van der Waals surface area contributed by atoms with Crippen LogP contribution in [0.3, 0.4) is 0 Å². The molecule has 0 unspecified atom stereocenters. The minimum atomic E-state index is -4.39. The number of aromatic nitrogens is 3. The number of hydrogen-bond acceptors (Lipinski definition) is 3. The Morgan fingerprint density at radius 2 is 2.00 bits per heavy atom. The Morgan fingerprint density at radius 1 is 1.25 bits per heavy atom. The smallest absolute Gasteiger partial charge is 0.397 e. The van der Waals surface area contributed by atoms with Gasteiger partial charge in [-0.3, -0.25) is 0 Å². The highest BCUT2D eigenvalue weighted by molar-refractivity contribution is 5.59. The third-order valence-electron chi connectivity index (χ3n) is 2.02. The highest BCUT2D eigenvalue weighted by atomic mass is 19.4. The lowest BCUT2D eigenvalue weighted by Crippen LogP contribution is -2.07. The molecular formula is C9H7F3N4. The molecule has 0 saturated carbocycles. The first kappa shape index (κ1) is 10.5. The van der Waals surface area contributed by atoms with Gasteiger partial charge in [0.05, 0.1) is 16.9 Å². The van der Waals surface area contributed by atoms with Gasteiger partial charge in [0.1, 0.15) is 12.7 Å². The molecule has 1 heterocycles. The molecule has 0 saturated heterocycles. The summed E-state index contributed by atoms with van der Waals surface area (Å²) in [5, 5.41) is 3.78. The van der Waals surface area contributed by atoms with Gasteiger partial charge in [-0.1, -0.05) is 0 Å². The summed E-state index contributed by atoms with van der Waals surface area (Å²) in [4.78, 5) is 3.68. The van der Waals surface area contributed by atoms with Gasteiger partial charge in [0.15, 0.2) is 0 Å². The second kappa shape index (κ2) is 3.51. The Balaban J connectivity index is 2.46. The summed E-state index contributed by atoms with van der Waals surface area (Å²) in [5.74, 6) is 0. The molecule has 2 N–H and O–H groups in total. The average molecular weight is 228 g/mol. The molecule has 0 amide bonds. The summed E-state index contributed by atoms with van der Waals surface area (Å²) in [6.45, 7) is 0. The van der Waals surface area contributed by atoms with Gasteiger partial charge in [0.2, 0.25) is 0 Å². The molecule has 4 nitrogen and oxygen atoms in total. The van der Waals surface area contributed by atoms with Crippen LogP contribution in [-0.2, 0) is 6.18 Å². The molecule has 16 heavy (non-hydrogen) atoms. The van der Waals surface area contributed by atoms with Crippen LogP contribution in [0.15, 0.2) is 30.9 Å². The molecule has 0 fully saturated rings. The number of anilines is 1. The van der Waals surface area contributed by atoms with Gasteiger partial charge in [-0.25, -0.2) is 9.67 Å². The number of nitrogens with two attached hydrogens (primary N) is 1. The number of halogens is 3. The predicted molar refractivity (Wildman–Crippen MR) is 50.8 cm³/mol. The van der Waals surface area contributed by atoms with Gasteiger partial charge < -0.3 is 5.73 Å². The molecule has 0 aliphatic rings. The summed E-state index contributed by atoms with van der Waals surface area (Å²) >= 11 is 0. The lowest BCUT2D eigenvalue weighted by molar-refractivity contribution is -0.137. The Bertz CT molecular complexity index is 490. The van der Waals surface area contributed by atoms with Gasteiger partial charge in [0.25, 0.3) is 0 Å². The maximum atomic E-state index is 12.4. The number of nitrogens with zero attached hydrogens (tertiary/aromatic N) is 3. The summed E-state index contributed by atoms with van der Waals surface area (Å²) in [6, 6.07) is 3.08. The molecule has 84 valence electrons. The van der Waals surface area contributed by atoms with Crippen molar-refractivity contribution in [3.8, 4) is 5.69 Å². The van der Waals surface area contributed by atoms with Crippen molar-refractivity contribution in [1.82, 2.24) is 14.8 Å². The van der Waals surface area contributed by atoms with Crippen molar-refractivity contribution in [3.63, 3.8) is 0 Å². The molecule has 0 radical (unpaired) electrons. The van der Waals surface area contributed by atoms with Gasteiger partial charge in [0, 0.05) is 0 Å². The van der Waals surface area contributed by atoms with Crippen LogP contribution in [0.2, 0.25) is 0 Å². The third-order valence-corrected chi connectivity index (χ3v) is 2.02. The average Bonchev–Trinajstić information content (AvgIpc) is 2.69. The van der Waals surface area contributed by atoms with E-state index in [9.17, 15) is 13.2 Å². The molecule has 0 atom stereocenters. The molecular weight excluding hydrogens is 221 g/mol. The molecule has 0 aliphatic heterocycles. The Hall–Kier alpha value is -2.05. The number of rotatable bonds is 1. The second-order valence-corrected chi connectivity index (χ2v) is 3.11. The number of nitrogen functional groups attached to an aromatic ring is 1. The summed E-state index contributed by atoms with van der Waals surface area (Å²) in [6.07, 6.45) is -1.76. The minimum absolute atomic E-state index is 0.000301. The van der Waals surface area contributed by atoms with Crippen LogP contribution in [0.4, 0.5) is 18.9 Å². The molecule has 1 aromatic heterocycles. The first-order valence-corrected chi connectivity index (χ1v) is 4.30. The monoisotopic (exact) mass is 228 g/mol. The van der Waals surface area contributed by atoms with E-state index < -0.39 is 11.7 Å². The third kappa shape index (κ3) is 1.83. The van der Waals surface area contributed by atoms with E-state index in [0.717, 1.165) is 12.1 Å². The number of benzene rings is 1. The quantitative estimate of drug-likeness (QED) is 0.758. The second-order valence-electron chi connectivity index (χ2n) is 3.11. The molecule has 0 bridgehead atoms. The van der Waals surface area contributed by atoms with Crippen molar-refractivity contribution in [2.45, 2.75) is 6.18 Å². The first-order chi connectivity index (χ1) is 7.48. The Morgan fingerprint density at radius 3 is 2.50 bits per heavy atom. The highest BCUT2D eigenvalue weighted by Crippen LogP contribution is 2.31. The van der Waals surface area contributed by atoms with Gasteiger partial charge in [-0.2, -0.15) is 18.3 Å². The maximum Gasteiger partial charge on any atom is 0.416 e. The van der Waals surface area contributed by atoms with Crippen LogP contribution in [0.25, 0.3) is 5.69 Å². The van der Waals surface area contributed by atoms with Gasteiger partial charge in [-0.15, -0.1) is 0 Å². The largest absolute Gasteiger partial charge is 0.416 e. The van der Waals surface area contributed by atoms with Crippen LogP contribution in [-0.4, -0.2) is 14.8 Å². The predicted octanol–water partition coefficient (Wildman–Crippen LogP) is 1.87. The van der Waals surface area contributed by atoms with Gasteiger partial charge in [-0.05, 0) is 18.2 Å². The topological polar surface area (TPSA) is 56.7 Å². The lowest BCUT2D eigenvalue weighted by atomic mass is 10.1. The maximum absolute atomic E-state index is 12.4. The standard InChI is InChI=1S/C9H7F3N4/c10-9(11,12)6-1-2-8(7(13)3-6)16-5-14-4-15-16/h1-5H,13H2. The Labute approximate surface area is 88.5 Å².